The average Bonchev–Trinajstić information content (AvgIpc) is 3.06. The molecule has 0 atom stereocenters. The highest BCUT2D eigenvalue weighted by Gasteiger charge is 2.17. The number of amides is 1. The van der Waals surface area contributed by atoms with Gasteiger partial charge in [-0.25, -0.2) is 4.98 Å². The number of aryl methyl sites for hydroxylation is 3. The molecule has 0 saturated carbocycles. The Morgan fingerprint density at radius 2 is 2.14 bits per heavy atom. The molecule has 6 heteroatoms. The molecule has 29 heavy (non-hydrogen) atoms. The largest absolute Gasteiger partial charge is 0.379 e. The molecule has 3 rings (SSSR count). The Morgan fingerprint density at radius 1 is 1.34 bits per heavy atom. The Bertz CT molecular complexity index is 1220. The van der Waals surface area contributed by atoms with Crippen LogP contribution >= 0.6 is 0 Å². The number of methoxy groups -OCH3 is 1. The number of nitrogens with zero attached hydrogens (tertiary/aromatic N) is 3. The molecule has 3 aromatic rings. The van der Waals surface area contributed by atoms with E-state index in [2.05, 4.69) is 23.3 Å². The van der Waals surface area contributed by atoms with Crippen molar-refractivity contribution < 1.29 is 17.8 Å². The van der Waals surface area contributed by atoms with Gasteiger partial charge in [-0.2, -0.15) is 0 Å². The molecule has 0 aliphatic carbocycles. The first kappa shape index (κ1) is 14.2. The predicted octanol–water partition coefficient (Wildman–Crippen LogP) is 3.90. The van der Waals surface area contributed by atoms with E-state index in [-0.39, 0.29) is 17.1 Å². The molecule has 0 unspecified atom stereocenters. The molecule has 1 amide bonds. The minimum absolute atomic E-state index is 0.0338. The Balaban J connectivity index is 2.15. The van der Waals surface area contributed by atoms with Gasteiger partial charge < -0.3 is 19.5 Å². The number of nitrogens with one attached hydrogen (secondary N) is 1. The molecule has 6 nitrogen and oxygen atoms in total. The summed E-state index contributed by atoms with van der Waals surface area (Å²) >= 11 is 0. The molecule has 154 valence electrons. The van der Waals surface area contributed by atoms with Gasteiger partial charge in [-0.3, -0.25) is 4.79 Å². The second-order valence-corrected chi connectivity index (χ2v) is 6.97. The van der Waals surface area contributed by atoms with Crippen LogP contribution in [0.15, 0.2) is 30.3 Å². The summed E-state index contributed by atoms with van der Waals surface area (Å²) in [6.07, 6.45) is 0.848. The van der Waals surface area contributed by atoms with Gasteiger partial charge in [0.25, 0.3) is 5.91 Å². The lowest BCUT2D eigenvalue weighted by Crippen LogP contribution is -2.21. The molecule has 1 heterocycles. The van der Waals surface area contributed by atoms with Crippen molar-refractivity contribution in [3.8, 4) is 0 Å². The Morgan fingerprint density at radius 3 is 2.83 bits per heavy atom. The summed E-state index contributed by atoms with van der Waals surface area (Å²) in [7, 11) is 3.30. The minimum atomic E-state index is -3.14. The Kier molecular flexibility index (Phi) is 4.23. The summed E-state index contributed by atoms with van der Waals surface area (Å²) in [5.41, 5.74) is 4.93. The molecule has 0 bridgehead atoms. The van der Waals surface area contributed by atoms with Crippen molar-refractivity contribution >= 4 is 22.6 Å². The van der Waals surface area contributed by atoms with Gasteiger partial charge in [0, 0.05) is 48.4 Å². The highest BCUT2D eigenvalue weighted by molar-refractivity contribution is 6.01. The predicted molar refractivity (Wildman–Crippen MR) is 117 cm³/mol. The smallest absolute Gasteiger partial charge is 0.253 e. The van der Waals surface area contributed by atoms with Crippen molar-refractivity contribution in [2.45, 2.75) is 33.4 Å². The van der Waals surface area contributed by atoms with Crippen LogP contribution in [-0.2, 0) is 31.4 Å². The van der Waals surface area contributed by atoms with E-state index in [1.165, 1.54) is 17.7 Å². The molecule has 0 fully saturated rings. The summed E-state index contributed by atoms with van der Waals surface area (Å²) < 4.78 is 52.8. The first-order valence-corrected chi connectivity index (χ1v) is 9.43. The molecular weight excluding hydrogens is 364 g/mol. The first-order valence-electron chi connectivity index (χ1n) is 12.4. The number of imidazole rings is 1. The maximum absolute atomic E-state index is 13.2. The van der Waals surface area contributed by atoms with Crippen LogP contribution in [0, 0.1) is 6.92 Å². The highest BCUT2D eigenvalue weighted by Crippen LogP contribution is 2.28. The third kappa shape index (κ3) is 4.12. The first-order chi connectivity index (χ1) is 16.3. The number of carbonyl (C=O) groups is 1. The number of hydrogen-bond acceptors (Lipinski definition) is 4. The topological polar surface area (TPSA) is 59.4 Å². The van der Waals surface area contributed by atoms with E-state index >= 15 is 0 Å². The molecule has 0 spiro atoms. The Hall–Kier alpha value is -2.86. The maximum Gasteiger partial charge on any atom is 0.253 e. The third-order valence-electron chi connectivity index (χ3n) is 5.15. The standard InChI is InChI=1S/C23H30N4O2/c1-7-16-10-8-9-15(2)18(16)13-24-19-11-17(23(28)26(3)4)12-20-22(19)25-21(14-29-6)27(20)5/h8-12,24H,7,13-14H2,1-6H3/i3D3,4D3. The van der Waals surface area contributed by atoms with Crippen LogP contribution in [0.3, 0.4) is 0 Å². The molecule has 1 N–H and O–H groups in total. The number of anilines is 1. The number of aromatic nitrogens is 2. The van der Waals surface area contributed by atoms with E-state index in [1.54, 1.807) is 18.7 Å². The second-order valence-electron chi connectivity index (χ2n) is 6.97. The third-order valence-corrected chi connectivity index (χ3v) is 5.15. The fraction of sp³-hybridized carbons (Fsp3) is 0.391. The SMILES string of the molecule is [2H]C([2H])([2H])N(C(=O)c1cc(NCc2c(C)cccc2CC)c2nc(COC)n(C)c2c1)C([2H])([2H])[2H]. The second kappa shape index (κ2) is 8.66. The van der Waals surface area contributed by atoms with E-state index in [0.29, 0.717) is 29.1 Å². The van der Waals surface area contributed by atoms with E-state index in [0.717, 1.165) is 17.5 Å². The van der Waals surface area contributed by atoms with Crippen molar-refractivity contribution in [1.82, 2.24) is 14.5 Å². The van der Waals surface area contributed by atoms with Gasteiger partial charge in [-0.05, 0) is 42.2 Å². The number of ether oxygens (including phenoxy) is 1. The Labute approximate surface area is 180 Å². The van der Waals surface area contributed by atoms with Crippen LogP contribution in [0.25, 0.3) is 11.0 Å². The van der Waals surface area contributed by atoms with E-state index in [1.807, 2.05) is 19.1 Å². The molecule has 1 aromatic heterocycles. The summed E-state index contributed by atoms with van der Waals surface area (Å²) in [5, 5.41) is 3.35. The van der Waals surface area contributed by atoms with Crippen molar-refractivity contribution in [2.75, 3.05) is 26.4 Å². The zero-order chi connectivity index (χ0) is 26.1. The quantitative estimate of drug-likeness (QED) is 0.653. The molecule has 0 saturated heterocycles. The molecule has 0 aliphatic rings. The fourth-order valence-electron chi connectivity index (χ4n) is 3.51. The lowest BCUT2D eigenvalue weighted by atomic mass is 10.00. The van der Waals surface area contributed by atoms with Crippen LogP contribution in [0.1, 0.15) is 48.0 Å². The normalized spacial score (nSPS) is 15.0. The van der Waals surface area contributed by atoms with Crippen molar-refractivity contribution in [2.24, 2.45) is 7.05 Å². The van der Waals surface area contributed by atoms with Crippen LogP contribution in [0.5, 0.6) is 0 Å². The van der Waals surface area contributed by atoms with E-state index < -0.39 is 19.9 Å². The van der Waals surface area contributed by atoms with Crippen molar-refractivity contribution in [3.63, 3.8) is 0 Å². The van der Waals surface area contributed by atoms with Gasteiger partial charge in [-0.15, -0.1) is 0 Å². The van der Waals surface area contributed by atoms with Gasteiger partial charge >= 0.3 is 0 Å². The van der Waals surface area contributed by atoms with Crippen LogP contribution in [0.2, 0.25) is 0 Å². The monoisotopic (exact) mass is 400 g/mol. The molecular formula is C23H30N4O2. The van der Waals surface area contributed by atoms with E-state index in [9.17, 15) is 4.79 Å². The van der Waals surface area contributed by atoms with Gasteiger partial charge in [-0.1, -0.05) is 25.1 Å². The minimum Gasteiger partial charge on any atom is -0.379 e. The number of hydrogen-bond donors (Lipinski definition) is 1. The number of benzene rings is 2. The summed E-state index contributed by atoms with van der Waals surface area (Å²) in [6, 6.07) is 9.01. The molecule has 0 aliphatic heterocycles. The van der Waals surface area contributed by atoms with Gasteiger partial charge in [0.05, 0.1) is 11.2 Å². The lowest BCUT2D eigenvalue weighted by molar-refractivity contribution is 0.0828. The van der Waals surface area contributed by atoms with Gasteiger partial charge in [0.1, 0.15) is 17.9 Å². The number of carbonyl (C=O) groups excluding carboxylic acids is 1. The summed E-state index contributed by atoms with van der Waals surface area (Å²) in [5.74, 6) is -0.515. The number of fused-ring (bicyclic) bond motifs is 1. The maximum atomic E-state index is 13.2. The summed E-state index contributed by atoms with van der Waals surface area (Å²) in [6.45, 7) is -1.52. The zero-order valence-corrected chi connectivity index (χ0v) is 17.2. The van der Waals surface area contributed by atoms with Crippen LogP contribution in [0.4, 0.5) is 5.69 Å². The van der Waals surface area contributed by atoms with Crippen LogP contribution in [-0.4, -0.2) is 41.4 Å². The van der Waals surface area contributed by atoms with Gasteiger partial charge in [0.15, 0.2) is 0 Å². The summed E-state index contributed by atoms with van der Waals surface area (Å²) in [4.78, 5) is 17.8. The fourth-order valence-corrected chi connectivity index (χ4v) is 3.51. The number of rotatable bonds is 7. The highest BCUT2D eigenvalue weighted by atomic mass is 16.5. The molecule has 0 radical (unpaired) electrons. The molecule has 2 aromatic carbocycles. The van der Waals surface area contributed by atoms with Gasteiger partial charge in [0.2, 0.25) is 0 Å². The van der Waals surface area contributed by atoms with Crippen molar-refractivity contribution in [1.29, 1.82) is 0 Å². The average molecular weight is 401 g/mol. The van der Waals surface area contributed by atoms with Crippen molar-refractivity contribution in [3.05, 3.63) is 58.4 Å². The van der Waals surface area contributed by atoms with E-state index in [4.69, 9.17) is 13.0 Å². The zero-order valence-electron chi connectivity index (χ0n) is 23.2. The van der Waals surface area contributed by atoms with Crippen LogP contribution < -0.4 is 5.32 Å². The lowest BCUT2D eigenvalue weighted by Gasteiger charge is -2.16.